The summed E-state index contributed by atoms with van der Waals surface area (Å²) in [6.45, 7) is 0.934. The van der Waals surface area contributed by atoms with Gasteiger partial charge in [0.05, 0.1) is 5.69 Å². The molecule has 0 bridgehead atoms. The zero-order valence-corrected chi connectivity index (χ0v) is 15.3. The van der Waals surface area contributed by atoms with Crippen LogP contribution in [0.4, 0.5) is 0 Å². The highest BCUT2D eigenvalue weighted by Gasteiger charge is 2.26. The molecule has 1 aliphatic rings. The van der Waals surface area contributed by atoms with E-state index < -0.39 is 0 Å². The van der Waals surface area contributed by atoms with E-state index in [4.69, 9.17) is 0 Å². The van der Waals surface area contributed by atoms with Gasteiger partial charge in [-0.15, -0.1) is 0 Å². The van der Waals surface area contributed by atoms with Gasteiger partial charge in [0.15, 0.2) is 0 Å². The third-order valence-corrected chi connectivity index (χ3v) is 4.86. The molecular formula is C21H21N5O2. The molecule has 1 aliphatic heterocycles. The van der Waals surface area contributed by atoms with Crippen molar-refractivity contribution in [3.8, 4) is 11.3 Å². The van der Waals surface area contributed by atoms with Crippen molar-refractivity contribution >= 4 is 11.8 Å². The number of H-pyrrole nitrogens is 1. The smallest absolute Gasteiger partial charge is 0.254 e. The lowest BCUT2D eigenvalue weighted by atomic mass is 10.1. The van der Waals surface area contributed by atoms with E-state index in [2.05, 4.69) is 20.5 Å². The van der Waals surface area contributed by atoms with E-state index in [1.54, 1.807) is 23.5 Å². The van der Waals surface area contributed by atoms with Gasteiger partial charge < -0.3 is 10.2 Å². The van der Waals surface area contributed by atoms with Crippen LogP contribution in [0.25, 0.3) is 11.3 Å². The van der Waals surface area contributed by atoms with E-state index >= 15 is 0 Å². The first kappa shape index (κ1) is 17.9. The standard InChI is InChI=1S/C21H21N5O2/c27-20-5-4-18(24-20)14-26(13-15-6-9-22-10-7-15)21(28)17-3-1-2-16(12-17)19-8-11-23-25-19/h1-3,6-12,18H,4-5,13-14H2,(H,23,25)(H,24,27)/t18-/m0/s1. The van der Waals surface area contributed by atoms with Crippen molar-refractivity contribution in [2.75, 3.05) is 6.54 Å². The van der Waals surface area contributed by atoms with Crippen molar-refractivity contribution in [1.29, 1.82) is 0 Å². The lowest BCUT2D eigenvalue weighted by Crippen LogP contribution is -2.41. The fourth-order valence-electron chi connectivity index (χ4n) is 3.43. The fraction of sp³-hybridized carbons (Fsp3) is 0.238. The molecule has 0 radical (unpaired) electrons. The van der Waals surface area contributed by atoms with Gasteiger partial charge >= 0.3 is 0 Å². The van der Waals surface area contributed by atoms with Crippen molar-refractivity contribution in [3.63, 3.8) is 0 Å². The minimum atomic E-state index is -0.0701. The highest BCUT2D eigenvalue weighted by atomic mass is 16.2. The summed E-state index contributed by atoms with van der Waals surface area (Å²) in [5.74, 6) is -0.0260. The predicted molar refractivity (Wildman–Crippen MR) is 104 cm³/mol. The zero-order valence-electron chi connectivity index (χ0n) is 15.3. The van der Waals surface area contributed by atoms with Crippen molar-refractivity contribution in [1.82, 2.24) is 25.4 Å². The van der Waals surface area contributed by atoms with E-state index in [9.17, 15) is 9.59 Å². The summed E-state index contributed by atoms with van der Waals surface area (Å²) >= 11 is 0. The van der Waals surface area contributed by atoms with Crippen LogP contribution in [0.15, 0.2) is 61.1 Å². The molecule has 2 N–H and O–H groups in total. The van der Waals surface area contributed by atoms with E-state index in [0.717, 1.165) is 23.2 Å². The van der Waals surface area contributed by atoms with E-state index in [1.807, 2.05) is 42.5 Å². The molecule has 1 fully saturated rings. The first-order chi connectivity index (χ1) is 13.7. The van der Waals surface area contributed by atoms with Gasteiger partial charge in [-0.1, -0.05) is 12.1 Å². The fourth-order valence-corrected chi connectivity index (χ4v) is 3.43. The van der Waals surface area contributed by atoms with E-state index in [0.29, 0.717) is 25.1 Å². The summed E-state index contributed by atoms with van der Waals surface area (Å²) in [4.78, 5) is 30.7. The van der Waals surface area contributed by atoms with Gasteiger partial charge in [0.2, 0.25) is 5.91 Å². The molecule has 7 nitrogen and oxygen atoms in total. The number of pyridine rings is 1. The summed E-state index contributed by atoms with van der Waals surface area (Å²) in [5.41, 5.74) is 3.36. The lowest BCUT2D eigenvalue weighted by molar-refractivity contribution is -0.119. The van der Waals surface area contributed by atoms with Crippen LogP contribution in [-0.4, -0.2) is 44.5 Å². The second-order valence-corrected chi connectivity index (χ2v) is 6.90. The number of rotatable bonds is 6. The van der Waals surface area contributed by atoms with Crippen molar-refractivity contribution < 1.29 is 9.59 Å². The highest BCUT2D eigenvalue weighted by Crippen LogP contribution is 2.20. The first-order valence-electron chi connectivity index (χ1n) is 9.26. The van der Waals surface area contributed by atoms with Gasteiger partial charge in [0.25, 0.3) is 5.91 Å². The van der Waals surface area contributed by atoms with Gasteiger partial charge in [-0.25, -0.2) is 0 Å². The Morgan fingerprint density at radius 3 is 2.71 bits per heavy atom. The number of benzene rings is 1. The summed E-state index contributed by atoms with van der Waals surface area (Å²) < 4.78 is 0. The maximum atomic E-state index is 13.3. The molecule has 3 aromatic rings. The molecule has 1 saturated heterocycles. The molecule has 3 heterocycles. The Morgan fingerprint density at radius 2 is 2.00 bits per heavy atom. The number of carbonyl (C=O) groups excluding carboxylic acids is 2. The number of nitrogens with one attached hydrogen (secondary N) is 2. The SMILES string of the molecule is O=C1CC[C@@H](CN(Cc2ccncc2)C(=O)c2cccc(-c3ccn[nH]3)c2)N1. The van der Waals surface area contributed by atoms with Crippen molar-refractivity contribution in [3.05, 3.63) is 72.2 Å². The molecule has 4 rings (SSSR count). The quantitative estimate of drug-likeness (QED) is 0.692. The number of amides is 2. The molecule has 0 unspecified atom stereocenters. The molecule has 0 aliphatic carbocycles. The van der Waals surface area contributed by atoms with Crippen LogP contribution in [0.1, 0.15) is 28.8 Å². The second-order valence-electron chi connectivity index (χ2n) is 6.90. The Labute approximate surface area is 162 Å². The number of aromatic nitrogens is 3. The van der Waals surface area contributed by atoms with Crippen LogP contribution in [0.5, 0.6) is 0 Å². The Hall–Kier alpha value is -3.48. The minimum Gasteiger partial charge on any atom is -0.352 e. The Morgan fingerprint density at radius 1 is 1.14 bits per heavy atom. The van der Waals surface area contributed by atoms with E-state index in [-0.39, 0.29) is 17.9 Å². The minimum absolute atomic E-state index is 0.0194. The average Bonchev–Trinajstić information content (AvgIpc) is 3.40. The summed E-state index contributed by atoms with van der Waals surface area (Å²) in [6.07, 6.45) is 6.37. The van der Waals surface area contributed by atoms with E-state index in [1.165, 1.54) is 0 Å². The predicted octanol–water partition coefficient (Wildman–Crippen LogP) is 2.39. The highest BCUT2D eigenvalue weighted by molar-refractivity contribution is 5.95. The molecule has 2 aromatic heterocycles. The largest absolute Gasteiger partial charge is 0.352 e. The van der Waals surface area contributed by atoms with Gasteiger partial charge in [-0.05, 0) is 42.3 Å². The lowest BCUT2D eigenvalue weighted by Gasteiger charge is -2.26. The van der Waals surface area contributed by atoms with Crippen LogP contribution in [0.2, 0.25) is 0 Å². The van der Waals surface area contributed by atoms with Crippen LogP contribution < -0.4 is 5.32 Å². The number of hydrogen-bond donors (Lipinski definition) is 2. The first-order valence-corrected chi connectivity index (χ1v) is 9.26. The summed E-state index contributed by atoms with van der Waals surface area (Å²) in [6, 6.07) is 13.1. The van der Waals surface area contributed by atoms with Crippen molar-refractivity contribution in [2.24, 2.45) is 0 Å². The molecule has 7 heteroatoms. The molecule has 2 amide bonds. The normalized spacial score (nSPS) is 16.0. The molecule has 142 valence electrons. The Bertz CT molecular complexity index is 956. The zero-order chi connectivity index (χ0) is 19.3. The number of hydrogen-bond acceptors (Lipinski definition) is 4. The Balaban J connectivity index is 1.58. The molecule has 28 heavy (non-hydrogen) atoms. The molecule has 0 saturated carbocycles. The third-order valence-electron chi connectivity index (χ3n) is 4.86. The van der Waals surface area contributed by atoms with Crippen LogP contribution in [0, 0.1) is 0 Å². The van der Waals surface area contributed by atoms with Crippen LogP contribution in [0.3, 0.4) is 0 Å². The molecule has 1 atom stereocenters. The average molecular weight is 375 g/mol. The summed E-state index contributed by atoms with van der Waals surface area (Å²) in [5, 5.41) is 9.85. The van der Waals surface area contributed by atoms with Crippen LogP contribution in [-0.2, 0) is 11.3 Å². The van der Waals surface area contributed by atoms with Gasteiger partial charge in [0.1, 0.15) is 0 Å². The second kappa shape index (κ2) is 8.04. The van der Waals surface area contributed by atoms with Gasteiger partial charge in [-0.2, -0.15) is 5.10 Å². The number of carbonyl (C=O) groups is 2. The summed E-state index contributed by atoms with van der Waals surface area (Å²) in [7, 11) is 0. The molecule has 0 spiro atoms. The topological polar surface area (TPSA) is 91.0 Å². The van der Waals surface area contributed by atoms with Crippen molar-refractivity contribution in [2.45, 2.75) is 25.4 Å². The van der Waals surface area contributed by atoms with Gasteiger partial charge in [0, 0.05) is 55.3 Å². The third kappa shape index (κ3) is 4.09. The number of nitrogens with zero attached hydrogens (tertiary/aromatic N) is 3. The maximum absolute atomic E-state index is 13.3. The number of aromatic amines is 1. The molecular weight excluding hydrogens is 354 g/mol. The van der Waals surface area contributed by atoms with Crippen LogP contribution >= 0.6 is 0 Å². The Kier molecular flexibility index (Phi) is 5.14. The molecule has 1 aromatic carbocycles. The monoisotopic (exact) mass is 375 g/mol. The maximum Gasteiger partial charge on any atom is 0.254 e. The van der Waals surface area contributed by atoms with Gasteiger partial charge in [-0.3, -0.25) is 19.7 Å².